The number of halogens is 2. The molecule has 202 valence electrons. The Morgan fingerprint density at radius 3 is 2.51 bits per heavy atom. The van der Waals surface area contributed by atoms with Gasteiger partial charge in [-0.2, -0.15) is 8.78 Å². The molecular formula is C27H35F2N3O4S. The predicted molar refractivity (Wildman–Crippen MR) is 135 cm³/mol. The zero-order chi connectivity index (χ0) is 25.7. The Labute approximate surface area is 220 Å². The van der Waals surface area contributed by atoms with E-state index in [4.69, 9.17) is 9.72 Å². The maximum atomic E-state index is 13.7. The molecule has 7 rings (SSSR count). The molecule has 2 heterocycles. The zero-order valence-electron chi connectivity index (χ0n) is 20.9. The molecule has 7 nitrogen and oxygen atoms in total. The van der Waals surface area contributed by atoms with Crippen LogP contribution in [-0.2, 0) is 9.53 Å². The number of ether oxygens (including phenoxy) is 1. The Morgan fingerprint density at radius 2 is 1.86 bits per heavy atom. The third-order valence-corrected chi connectivity index (χ3v) is 10.7. The van der Waals surface area contributed by atoms with E-state index in [1.165, 1.54) is 12.8 Å². The lowest BCUT2D eigenvalue weighted by molar-refractivity contribution is -0.260. The van der Waals surface area contributed by atoms with Crippen LogP contribution in [0.15, 0.2) is 17.2 Å². The number of hydrogen-bond acceptors (Lipinski definition) is 6. The molecule has 0 spiro atoms. The van der Waals surface area contributed by atoms with Gasteiger partial charge in [0, 0.05) is 24.4 Å². The first kappa shape index (κ1) is 25.3. The summed E-state index contributed by atoms with van der Waals surface area (Å²) in [6.45, 7) is -1.69. The number of nitrogens with one attached hydrogen (secondary N) is 1. The molecule has 4 bridgehead atoms. The van der Waals surface area contributed by atoms with Gasteiger partial charge in [0.2, 0.25) is 0 Å². The van der Waals surface area contributed by atoms with Gasteiger partial charge in [0.15, 0.2) is 0 Å². The Kier molecular flexibility index (Phi) is 6.84. The Bertz CT molecular complexity index is 1030. The fourth-order valence-electron chi connectivity index (χ4n) is 7.95. The molecule has 0 aromatic carbocycles. The number of aliphatic carboxylic acids is 1. The lowest BCUT2D eigenvalue weighted by Gasteiger charge is -2.59. The monoisotopic (exact) mass is 535 g/mol. The van der Waals surface area contributed by atoms with Crippen molar-refractivity contribution in [3.05, 3.63) is 17.7 Å². The van der Waals surface area contributed by atoms with Crippen molar-refractivity contribution in [3.8, 4) is 0 Å². The van der Waals surface area contributed by atoms with Gasteiger partial charge in [-0.15, -0.1) is 11.8 Å². The Hall–Kier alpha value is -1.94. The summed E-state index contributed by atoms with van der Waals surface area (Å²) in [4.78, 5) is 32.0. The quantitative estimate of drug-likeness (QED) is 0.487. The Morgan fingerprint density at radius 1 is 1.14 bits per heavy atom. The van der Waals surface area contributed by atoms with E-state index in [0.29, 0.717) is 60.5 Å². The minimum Gasteiger partial charge on any atom is -0.481 e. The number of nitrogens with zero attached hydrogens (tertiary/aromatic N) is 2. The second-order valence-electron chi connectivity index (χ2n) is 11.8. The van der Waals surface area contributed by atoms with Crippen LogP contribution in [0.3, 0.4) is 0 Å². The number of aromatic nitrogens is 1. The molecule has 3 atom stereocenters. The number of carboxylic acids is 1. The van der Waals surface area contributed by atoms with E-state index >= 15 is 0 Å². The van der Waals surface area contributed by atoms with Gasteiger partial charge in [-0.05, 0) is 81.3 Å². The molecule has 6 fully saturated rings. The lowest BCUT2D eigenvalue weighted by atomic mass is 9.52. The van der Waals surface area contributed by atoms with Crippen LogP contribution in [0.2, 0.25) is 0 Å². The average molecular weight is 536 g/mol. The number of carbonyl (C=O) groups is 2. The fourth-order valence-corrected chi connectivity index (χ4v) is 9.27. The van der Waals surface area contributed by atoms with Crippen LogP contribution in [0.4, 0.5) is 14.6 Å². The summed E-state index contributed by atoms with van der Waals surface area (Å²) in [7, 11) is 0. The molecule has 1 aliphatic heterocycles. The molecule has 2 N–H and O–H groups in total. The minimum atomic E-state index is -2.76. The topological polar surface area (TPSA) is 91.8 Å². The number of carboxylic acid groups (broad SMARTS) is 1. The van der Waals surface area contributed by atoms with Gasteiger partial charge in [0.1, 0.15) is 10.8 Å². The molecule has 1 aromatic heterocycles. The van der Waals surface area contributed by atoms with Crippen molar-refractivity contribution in [2.75, 3.05) is 18.0 Å². The average Bonchev–Trinajstić information content (AvgIpc) is 3.52. The molecule has 10 heteroatoms. The number of alkyl halides is 2. The summed E-state index contributed by atoms with van der Waals surface area (Å²) in [6.07, 6.45) is 8.93. The van der Waals surface area contributed by atoms with Gasteiger partial charge in [0.25, 0.3) is 5.91 Å². The molecule has 2 unspecified atom stereocenters. The maximum Gasteiger partial charge on any atom is 0.345 e. The smallest absolute Gasteiger partial charge is 0.345 e. The van der Waals surface area contributed by atoms with Crippen molar-refractivity contribution in [1.82, 2.24) is 10.3 Å². The number of pyridine rings is 1. The number of hydrogen-bond donors (Lipinski definition) is 2. The van der Waals surface area contributed by atoms with Crippen LogP contribution in [0.5, 0.6) is 0 Å². The highest BCUT2D eigenvalue weighted by Crippen LogP contribution is 2.57. The predicted octanol–water partition coefficient (Wildman–Crippen LogP) is 4.94. The molecule has 37 heavy (non-hydrogen) atoms. The number of amides is 1. The van der Waals surface area contributed by atoms with E-state index in [1.54, 1.807) is 11.8 Å². The SMILES string of the molecule is O=C(N[C@H]1C2CC3CC1C[C@@](OC(F)F)(C3)C2)c1ccc(N2CC[C@@H](C(=O)O)C2)nc1SC1CCCC1. The third kappa shape index (κ3) is 5.07. The molecule has 0 radical (unpaired) electrons. The van der Waals surface area contributed by atoms with Gasteiger partial charge in [-0.3, -0.25) is 9.59 Å². The summed E-state index contributed by atoms with van der Waals surface area (Å²) >= 11 is 1.66. The maximum absolute atomic E-state index is 13.7. The number of rotatable bonds is 8. The Balaban J connectivity index is 1.21. The van der Waals surface area contributed by atoms with Crippen LogP contribution in [0, 0.1) is 23.7 Å². The summed E-state index contributed by atoms with van der Waals surface area (Å²) < 4.78 is 31.5. The highest BCUT2D eigenvalue weighted by atomic mass is 32.2. The van der Waals surface area contributed by atoms with Crippen LogP contribution in [-0.4, -0.2) is 58.6 Å². The zero-order valence-corrected chi connectivity index (χ0v) is 21.7. The molecule has 1 amide bonds. The van der Waals surface area contributed by atoms with E-state index in [0.717, 1.165) is 31.5 Å². The van der Waals surface area contributed by atoms with Crippen LogP contribution in [0.1, 0.15) is 74.6 Å². The summed E-state index contributed by atoms with van der Waals surface area (Å²) in [5.74, 6) is 0.107. The molecule has 6 aliphatic rings. The largest absolute Gasteiger partial charge is 0.481 e. The van der Waals surface area contributed by atoms with Gasteiger partial charge in [-0.1, -0.05) is 12.8 Å². The highest BCUT2D eigenvalue weighted by Gasteiger charge is 2.57. The van der Waals surface area contributed by atoms with Crippen LogP contribution >= 0.6 is 11.8 Å². The van der Waals surface area contributed by atoms with Crippen LogP contribution in [0.25, 0.3) is 0 Å². The van der Waals surface area contributed by atoms with E-state index in [1.807, 2.05) is 17.0 Å². The van der Waals surface area contributed by atoms with E-state index in [-0.39, 0.29) is 23.8 Å². The van der Waals surface area contributed by atoms with Crippen molar-refractivity contribution in [1.29, 1.82) is 0 Å². The summed E-state index contributed by atoms with van der Waals surface area (Å²) in [5.41, 5.74) is -0.177. The molecule has 5 saturated carbocycles. The van der Waals surface area contributed by atoms with Crippen molar-refractivity contribution in [2.24, 2.45) is 23.7 Å². The van der Waals surface area contributed by atoms with Crippen molar-refractivity contribution in [3.63, 3.8) is 0 Å². The summed E-state index contributed by atoms with van der Waals surface area (Å²) in [6, 6.07) is 3.64. The van der Waals surface area contributed by atoms with Gasteiger partial charge >= 0.3 is 12.6 Å². The highest BCUT2D eigenvalue weighted by molar-refractivity contribution is 7.99. The van der Waals surface area contributed by atoms with E-state index < -0.39 is 24.1 Å². The fraction of sp³-hybridized carbons (Fsp3) is 0.741. The van der Waals surface area contributed by atoms with Gasteiger partial charge in [0.05, 0.1) is 17.1 Å². The summed E-state index contributed by atoms with van der Waals surface area (Å²) in [5, 5.41) is 13.8. The number of thioether (sulfide) groups is 1. The number of anilines is 1. The van der Waals surface area contributed by atoms with Crippen LogP contribution < -0.4 is 10.2 Å². The lowest BCUT2D eigenvalue weighted by Crippen LogP contribution is -2.62. The first-order valence-corrected chi connectivity index (χ1v) is 14.6. The van der Waals surface area contributed by atoms with Crippen molar-refractivity contribution in [2.45, 2.75) is 92.7 Å². The molecular weight excluding hydrogens is 500 g/mol. The first-order chi connectivity index (χ1) is 17.8. The van der Waals surface area contributed by atoms with E-state index in [9.17, 15) is 23.5 Å². The first-order valence-electron chi connectivity index (χ1n) is 13.7. The molecule has 1 saturated heterocycles. The second kappa shape index (κ2) is 9.98. The number of carbonyl (C=O) groups excluding carboxylic acids is 1. The van der Waals surface area contributed by atoms with E-state index in [2.05, 4.69) is 5.32 Å². The normalized spacial score (nSPS) is 35.0. The standard InChI is InChI=1S/C27H35F2N3O4S/c28-26(29)36-27-11-15-9-17(12-27)22(18(10-15)13-27)31-23(33)20-5-6-21(32-8-7-16(14-32)25(34)35)30-24(20)37-19-3-1-2-4-19/h5-6,15-19,22,26H,1-4,7-14H2,(H,31,33)(H,34,35)/t15?,16-,17?,18?,22-,27+/m1/s1. The molecule has 5 aliphatic carbocycles. The minimum absolute atomic E-state index is 0.0302. The van der Waals surface area contributed by atoms with Crippen molar-refractivity contribution >= 4 is 29.5 Å². The van der Waals surface area contributed by atoms with Gasteiger partial charge < -0.3 is 20.1 Å². The second-order valence-corrected chi connectivity index (χ2v) is 13.1. The molecule has 1 aromatic rings. The van der Waals surface area contributed by atoms with Crippen molar-refractivity contribution < 1.29 is 28.2 Å². The third-order valence-electron chi connectivity index (χ3n) is 9.39. The van der Waals surface area contributed by atoms with Gasteiger partial charge in [-0.25, -0.2) is 4.98 Å².